The van der Waals surface area contributed by atoms with Gasteiger partial charge in [-0.3, -0.25) is 14.2 Å². The largest absolute Gasteiger partial charge is 0.503 e. The zero-order valence-electron chi connectivity index (χ0n) is 15.8. The normalized spacial score (nSPS) is 12.2. The van der Waals surface area contributed by atoms with Crippen LogP contribution in [0.4, 0.5) is 8.78 Å². The average molecular weight is 457 g/mol. The topological polar surface area (TPSA) is 91.6 Å². The number of hydrogen-bond acceptors (Lipinski definition) is 4. The van der Waals surface area contributed by atoms with Gasteiger partial charge in [0.15, 0.2) is 17.4 Å². The maximum atomic E-state index is 14.9. The molecule has 30 heavy (non-hydrogen) atoms. The van der Waals surface area contributed by atoms with E-state index < -0.39 is 41.8 Å². The minimum absolute atomic E-state index is 0.0668. The number of fused-ring (bicyclic) bond motifs is 1. The van der Waals surface area contributed by atoms with Gasteiger partial charge in [-0.1, -0.05) is 23.2 Å². The highest BCUT2D eigenvalue weighted by Gasteiger charge is 2.30. The van der Waals surface area contributed by atoms with Crippen LogP contribution in [0.2, 0.25) is 10.0 Å². The van der Waals surface area contributed by atoms with Gasteiger partial charge in [0.1, 0.15) is 6.73 Å². The fraction of sp³-hybridized carbons (Fsp3) is 0.200. The molecule has 0 fully saturated rings. The van der Waals surface area contributed by atoms with Crippen LogP contribution in [0.15, 0.2) is 24.3 Å². The molecule has 6 nitrogen and oxygen atoms in total. The van der Waals surface area contributed by atoms with Crippen LogP contribution in [0.25, 0.3) is 10.9 Å². The molecule has 0 bridgehead atoms. The third-order valence-corrected chi connectivity index (χ3v) is 5.60. The van der Waals surface area contributed by atoms with Crippen LogP contribution < -0.4 is 5.32 Å². The SMILES string of the molecule is Cc1c([C@H](C)C(=O)NCO)c2c(F)c(O)c(F)cc2n1C(=O)c1ccc(Cl)c(Cl)c1. The molecule has 1 heterocycles. The highest BCUT2D eigenvalue weighted by Crippen LogP contribution is 2.38. The van der Waals surface area contributed by atoms with Crippen LogP contribution in [-0.2, 0) is 4.79 Å². The number of hydrogen-bond donors (Lipinski definition) is 3. The van der Waals surface area contributed by atoms with Gasteiger partial charge in [-0.2, -0.15) is 0 Å². The standard InChI is InChI=1S/C20H16Cl2F2N2O4/c1-8(19(29)25-7-27)15-9(2)26(14-6-13(23)18(28)17(24)16(14)15)20(30)10-3-4-11(21)12(22)5-10/h3-6,8,27-28H,7H2,1-2H3,(H,25,29)/t8-/m0/s1. The van der Waals surface area contributed by atoms with Crippen molar-refractivity contribution in [3.8, 4) is 5.75 Å². The van der Waals surface area contributed by atoms with Gasteiger partial charge in [0.05, 0.1) is 21.5 Å². The number of aromatic nitrogens is 1. The zero-order chi connectivity index (χ0) is 22.3. The molecule has 1 atom stereocenters. The van der Waals surface area contributed by atoms with E-state index in [1.807, 2.05) is 0 Å². The molecular formula is C20H16Cl2F2N2O4. The first-order chi connectivity index (χ1) is 14.1. The number of aliphatic hydroxyl groups excluding tert-OH is 1. The molecule has 3 rings (SSSR count). The molecule has 0 aliphatic heterocycles. The predicted molar refractivity (Wildman–Crippen MR) is 108 cm³/mol. The number of halogens is 4. The third kappa shape index (κ3) is 3.51. The fourth-order valence-electron chi connectivity index (χ4n) is 3.42. The Morgan fingerprint density at radius 2 is 1.87 bits per heavy atom. The molecule has 0 aliphatic carbocycles. The summed E-state index contributed by atoms with van der Waals surface area (Å²) in [6.07, 6.45) is 0. The van der Waals surface area contributed by atoms with Crippen molar-refractivity contribution in [2.24, 2.45) is 0 Å². The van der Waals surface area contributed by atoms with Gasteiger partial charge in [-0.25, -0.2) is 8.78 Å². The number of rotatable bonds is 4. The van der Waals surface area contributed by atoms with Crippen molar-refractivity contribution in [1.29, 1.82) is 0 Å². The molecule has 1 aromatic heterocycles. The molecule has 3 N–H and O–H groups in total. The lowest BCUT2D eigenvalue weighted by molar-refractivity contribution is -0.123. The number of benzene rings is 2. The number of carbonyl (C=O) groups excluding carboxylic acids is 2. The Morgan fingerprint density at radius 1 is 1.20 bits per heavy atom. The Bertz CT molecular complexity index is 1190. The first-order valence-corrected chi connectivity index (χ1v) is 9.45. The van der Waals surface area contributed by atoms with Crippen LogP contribution in [0.1, 0.15) is 34.5 Å². The van der Waals surface area contributed by atoms with Crippen molar-refractivity contribution in [3.63, 3.8) is 0 Å². The molecule has 0 saturated heterocycles. The lowest BCUT2D eigenvalue weighted by atomic mass is 9.96. The zero-order valence-corrected chi connectivity index (χ0v) is 17.3. The molecule has 0 spiro atoms. The summed E-state index contributed by atoms with van der Waals surface area (Å²) >= 11 is 11.9. The van der Waals surface area contributed by atoms with Gasteiger partial charge >= 0.3 is 0 Å². The second-order valence-electron chi connectivity index (χ2n) is 6.60. The summed E-state index contributed by atoms with van der Waals surface area (Å²) in [5, 5.41) is 21.0. The summed E-state index contributed by atoms with van der Waals surface area (Å²) in [6, 6.07) is 4.93. The number of phenols is 1. The Labute approximate surface area is 179 Å². The minimum Gasteiger partial charge on any atom is -0.503 e. The number of phenolic OH excluding ortho intramolecular Hbond substituents is 1. The van der Waals surface area contributed by atoms with Gasteiger partial charge in [0.25, 0.3) is 5.91 Å². The van der Waals surface area contributed by atoms with Crippen LogP contribution in [0.3, 0.4) is 0 Å². The Balaban J connectivity index is 2.34. The Kier molecular flexibility index (Phi) is 6.03. The lowest BCUT2D eigenvalue weighted by Gasteiger charge is -2.13. The highest BCUT2D eigenvalue weighted by molar-refractivity contribution is 6.42. The summed E-state index contributed by atoms with van der Waals surface area (Å²) in [6.45, 7) is 2.24. The highest BCUT2D eigenvalue weighted by atomic mass is 35.5. The number of aromatic hydroxyl groups is 1. The number of aliphatic hydroxyl groups is 1. The van der Waals surface area contributed by atoms with Crippen LogP contribution >= 0.6 is 23.2 Å². The van der Waals surface area contributed by atoms with E-state index in [2.05, 4.69) is 5.32 Å². The summed E-state index contributed by atoms with van der Waals surface area (Å²) < 4.78 is 30.0. The Morgan fingerprint density at radius 3 is 2.47 bits per heavy atom. The summed E-state index contributed by atoms with van der Waals surface area (Å²) in [5.74, 6) is -6.13. The molecule has 0 saturated carbocycles. The molecule has 2 aromatic carbocycles. The summed E-state index contributed by atoms with van der Waals surface area (Å²) in [7, 11) is 0. The third-order valence-electron chi connectivity index (χ3n) is 4.86. The van der Waals surface area contributed by atoms with Crippen molar-refractivity contribution in [1.82, 2.24) is 9.88 Å². The number of nitrogens with one attached hydrogen (secondary N) is 1. The fourth-order valence-corrected chi connectivity index (χ4v) is 3.72. The van der Waals surface area contributed by atoms with Crippen molar-refractivity contribution < 1.29 is 28.6 Å². The van der Waals surface area contributed by atoms with Crippen molar-refractivity contribution >= 4 is 45.9 Å². The van der Waals surface area contributed by atoms with Crippen molar-refractivity contribution in [2.45, 2.75) is 19.8 Å². The molecule has 1 amide bonds. The summed E-state index contributed by atoms with van der Waals surface area (Å²) in [4.78, 5) is 25.5. The first-order valence-electron chi connectivity index (χ1n) is 8.70. The van der Waals surface area contributed by atoms with Crippen LogP contribution in [0.5, 0.6) is 5.75 Å². The second kappa shape index (κ2) is 8.22. The maximum Gasteiger partial charge on any atom is 0.262 e. The van der Waals surface area contributed by atoms with Gasteiger partial charge in [0, 0.05) is 22.7 Å². The lowest BCUT2D eigenvalue weighted by Crippen LogP contribution is -2.29. The van der Waals surface area contributed by atoms with Gasteiger partial charge < -0.3 is 15.5 Å². The maximum absolute atomic E-state index is 14.9. The average Bonchev–Trinajstić information content (AvgIpc) is 2.99. The van der Waals surface area contributed by atoms with Crippen LogP contribution in [-0.4, -0.2) is 33.3 Å². The molecule has 0 aliphatic rings. The van der Waals surface area contributed by atoms with E-state index in [1.165, 1.54) is 32.0 Å². The van der Waals surface area contributed by atoms with Crippen molar-refractivity contribution in [3.05, 3.63) is 62.8 Å². The van der Waals surface area contributed by atoms with Gasteiger partial charge in [0.2, 0.25) is 5.91 Å². The quantitative estimate of drug-likeness (QED) is 0.515. The molecular weight excluding hydrogens is 441 g/mol. The summed E-state index contributed by atoms with van der Waals surface area (Å²) in [5.41, 5.74) is 0.148. The van der Waals surface area contributed by atoms with Gasteiger partial charge in [-0.05, 0) is 37.6 Å². The van der Waals surface area contributed by atoms with Crippen LogP contribution in [0, 0.1) is 18.6 Å². The molecule has 3 aromatic rings. The van der Waals surface area contributed by atoms with E-state index in [0.29, 0.717) is 0 Å². The number of nitrogens with zero attached hydrogens (tertiary/aromatic N) is 1. The predicted octanol–water partition coefficient (Wildman–Crippen LogP) is 4.10. The van der Waals surface area contributed by atoms with E-state index in [1.54, 1.807) is 0 Å². The molecule has 0 radical (unpaired) electrons. The molecule has 158 valence electrons. The molecule has 10 heteroatoms. The smallest absolute Gasteiger partial charge is 0.262 e. The second-order valence-corrected chi connectivity index (χ2v) is 7.42. The van der Waals surface area contributed by atoms with E-state index in [9.17, 15) is 23.5 Å². The van der Waals surface area contributed by atoms with Crippen molar-refractivity contribution in [2.75, 3.05) is 6.73 Å². The van der Waals surface area contributed by atoms with E-state index in [-0.39, 0.29) is 37.8 Å². The van der Waals surface area contributed by atoms with E-state index in [4.69, 9.17) is 28.3 Å². The minimum atomic E-state index is -1.30. The first kappa shape index (κ1) is 22.0. The number of carbonyl (C=O) groups is 2. The van der Waals surface area contributed by atoms with Gasteiger partial charge in [-0.15, -0.1) is 0 Å². The van der Waals surface area contributed by atoms with E-state index in [0.717, 1.165) is 10.6 Å². The Hall–Kier alpha value is -2.68. The number of amides is 1. The molecule has 0 unspecified atom stereocenters. The monoisotopic (exact) mass is 456 g/mol. The van der Waals surface area contributed by atoms with E-state index >= 15 is 0 Å².